The molecular weight excluding hydrogens is 354 g/mol. The fourth-order valence-corrected chi connectivity index (χ4v) is 3.36. The van der Waals surface area contributed by atoms with Gasteiger partial charge in [0.15, 0.2) is 0 Å². The van der Waals surface area contributed by atoms with Crippen LogP contribution in [0.25, 0.3) is 0 Å². The summed E-state index contributed by atoms with van der Waals surface area (Å²) < 4.78 is 0.885. The molecule has 2 aromatic rings. The average molecular weight is 374 g/mol. The number of pyridine rings is 1. The summed E-state index contributed by atoms with van der Waals surface area (Å²) in [6.07, 6.45) is 5.37. The minimum Gasteiger partial charge on any atom is -0.357 e. The number of nitrogens with one attached hydrogen (secondary N) is 1. The predicted molar refractivity (Wildman–Crippen MR) is 97.1 cm³/mol. The van der Waals surface area contributed by atoms with Crippen molar-refractivity contribution >= 4 is 33.3 Å². The third kappa shape index (κ3) is 3.91. The molecule has 0 radical (unpaired) electrons. The number of benzene rings is 1. The standard InChI is InChI=1S/C18H20BrN3O/c1-13-5-6-16(15(19)11-13)21-18(23)14-7-8-20-17(12-14)22-9-3-2-4-10-22/h5-8,11-12H,2-4,9-10H2,1H3,(H,21,23). The molecule has 1 fully saturated rings. The molecule has 1 amide bonds. The van der Waals surface area contributed by atoms with Gasteiger partial charge in [-0.2, -0.15) is 0 Å². The van der Waals surface area contributed by atoms with Crippen LogP contribution in [0, 0.1) is 6.92 Å². The summed E-state index contributed by atoms with van der Waals surface area (Å²) in [7, 11) is 0. The Hall–Kier alpha value is -1.88. The number of rotatable bonds is 3. The van der Waals surface area contributed by atoms with Crippen LogP contribution in [0.3, 0.4) is 0 Å². The number of nitrogens with zero attached hydrogens (tertiary/aromatic N) is 2. The molecule has 0 bridgehead atoms. The number of hydrogen-bond acceptors (Lipinski definition) is 3. The van der Waals surface area contributed by atoms with Crippen LogP contribution in [0.1, 0.15) is 35.2 Å². The summed E-state index contributed by atoms with van der Waals surface area (Å²) in [5.74, 6) is 0.774. The molecule has 120 valence electrons. The zero-order valence-electron chi connectivity index (χ0n) is 13.2. The van der Waals surface area contributed by atoms with Gasteiger partial charge in [0.1, 0.15) is 5.82 Å². The molecule has 4 nitrogen and oxygen atoms in total. The Morgan fingerprint density at radius 1 is 1.17 bits per heavy atom. The highest BCUT2D eigenvalue weighted by Crippen LogP contribution is 2.24. The lowest BCUT2D eigenvalue weighted by Crippen LogP contribution is -2.30. The van der Waals surface area contributed by atoms with Crippen molar-refractivity contribution in [1.82, 2.24) is 4.98 Å². The third-order valence-electron chi connectivity index (χ3n) is 4.06. The van der Waals surface area contributed by atoms with Gasteiger partial charge in [-0.05, 0) is 71.9 Å². The largest absolute Gasteiger partial charge is 0.357 e. The van der Waals surface area contributed by atoms with Crippen molar-refractivity contribution in [1.29, 1.82) is 0 Å². The molecular formula is C18H20BrN3O. The van der Waals surface area contributed by atoms with Gasteiger partial charge in [0.25, 0.3) is 5.91 Å². The summed E-state index contributed by atoms with van der Waals surface area (Å²) in [6.45, 7) is 4.05. The van der Waals surface area contributed by atoms with E-state index in [9.17, 15) is 4.79 Å². The summed E-state index contributed by atoms with van der Waals surface area (Å²) in [5, 5.41) is 2.95. The number of hydrogen-bond donors (Lipinski definition) is 1. The first-order valence-electron chi connectivity index (χ1n) is 7.92. The van der Waals surface area contributed by atoms with Crippen molar-refractivity contribution < 1.29 is 4.79 Å². The van der Waals surface area contributed by atoms with Crippen molar-refractivity contribution in [3.63, 3.8) is 0 Å². The smallest absolute Gasteiger partial charge is 0.255 e. The normalized spacial score (nSPS) is 14.6. The molecule has 23 heavy (non-hydrogen) atoms. The topological polar surface area (TPSA) is 45.2 Å². The molecule has 0 spiro atoms. The van der Waals surface area contributed by atoms with Gasteiger partial charge >= 0.3 is 0 Å². The Bertz CT molecular complexity index is 711. The van der Waals surface area contributed by atoms with Gasteiger partial charge in [-0.25, -0.2) is 4.98 Å². The lowest BCUT2D eigenvalue weighted by molar-refractivity contribution is 0.102. The van der Waals surface area contributed by atoms with Crippen LogP contribution in [-0.4, -0.2) is 24.0 Å². The second kappa shape index (κ2) is 7.13. The second-order valence-corrected chi connectivity index (χ2v) is 6.74. The molecule has 0 saturated carbocycles. The van der Waals surface area contributed by atoms with Crippen molar-refractivity contribution in [2.24, 2.45) is 0 Å². The number of carbonyl (C=O) groups excluding carboxylic acids is 1. The minimum absolute atomic E-state index is 0.116. The summed E-state index contributed by atoms with van der Waals surface area (Å²) in [5.41, 5.74) is 2.55. The monoisotopic (exact) mass is 373 g/mol. The summed E-state index contributed by atoms with van der Waals surface area (Å²) in [4.78, 5) is 19.2. The van der Waals surface area contributed by atoms with E-state index in [4.69, 9.17) is 0 Å². The zero-order valence-corrected chi connectivity index (χ0v) is 14.8. The molecule has 1 saturated heterocycles. The first-order chi connectivity index (χ1) is 11.1. The van der Waals surface area contributed by atoms with Gasteiger partial charge in [0.05, 0.1) is 5.69 Å². The molecule has 0 atom stereocenters. The zero-order chi connectivity index (χ0) is 16.2. The van der Waals surface area contributed by atoms with Crippen LogP contribution in [0.15, 0.2) is 41.0 Å². The van der Waals surface area contributed by atoms with Crippen LogP contribution in [-0.2, 0) is 0 Å². The molecule has 1 N–H and O–H groups in total. The van der Waals surface area contributed by atoms with Gasteiger partial charge < -0.3 is 10.2 Å². The van der Waals surface area contributed by atoms with Crippen LogP contribution < -0.4 is 10.2 Å². The van der Waals surface area contributed by atoms with Gasteiger partial charge in [-0.1, -0.05) is 6.07 Å². The second-order valence-electron chi connectivity index (χ2n) is 5.89. The van der Waals surface area contributed by atoms with Crippen LogP contribution in [0.5, 0.6) is 0 Å². The van der Waals surface area contributed by atoms with Crippen LogP contribution >= 0.6 is 15.9 Å². The van der Waals surface area contributed by atoms with Gasteiger partial charge in [0, 0.05) is 29.3 Å². The highest BCUT2D eigenvalue weighted by Gasteiger charge is 2.15. The van der Waals surface area contributed by atoms with E-state index in [0.717, 1.165) is 34.6 Å². The number of amides is 1. The number of aryl methyl sites for hydroxylation is 1. The highest BCUT2D eigenvalue weighted by molar-refractivity contribution is 9.10. The predicted octanol–water partition coefficient (Wildman–Crippen LogP) is 4.40. The Labute approximate surface area is 145 Å². The Morgan fingerprint density at radius 3 is 2.70 bits per heavy atom. The number of halogens is 1. The molecule has 0 unspecified atom stereocenters. The van der Waals surface area contributed by atoms with Crippen LogP contribution in [0.4, 0.5) is 11.5 Å². The maximum Gasteiger partial charge on any atom is 0.255 e. The van der Waals surface area contributed by atoms with Crippen molar-refractivity contribution in [2.45, 2.75) is 26.2 Å². The maximum atomic E-state index is 12.5. The van der Waals surface area contributed by atoms with Crippen molar-refractivity contribution in [2.75, 3.05) is 23.3 Å². The van der Waals surface area contributed by atoms with Crippen molar-refractivity contribution in [3.05, 3.63) is 52.1 Å². The van der Waals surface area contributed by atoms with E-state index in [2.05, 4.69) is 31.1 Å². The molecule has 1 aromatic heterocycles. The Balaban J connectivity index is 1.76. The molecule has 2 heterocycles. The number of anilines is 2. The number of carbonyl (C=O) groups is 1. The molecule has 1 aliphatic heterocycles. The fraction of sp³-hybridized carbons (Fsp3) is 0.333. The highest BCUT2D eigenvalue weighted by atomic mass is 79.9. The van der Waals surface area contributed by atoms with Crippen LogP contribution in [0.2, 0.25) is 0 Å². The molecule has 3 rings (SSSR count). The molecule has 0 aliphatic carbocycles. The first kappa shape index (κ1) is 16.0. The summed E-state index contributed by atoms with van der Waals surface area (Å²) in [6, 6.07) is 9.51. The van der Waals surface area contributed by atoms with E-state index in [1.807, 2.05) is 31.2 Å². The van der Waals surface area contributed by atoms with Crippen molar-refractivity contribution in [3.8, 4) is 0 Å². The summed E-state index contributed by atoms with van der Waals surface area (Å²) >= 11 is 3.49. The average Bonchev–Trinajstić information content (AvgIpc) is 2.58. The lowest BCUT2D eigenvalue weighted by atomic mass is 10.1. The third-order valence-corrected chi connectivity index (χ3v) is 4.72. The number of piperidine rings is 1. The lowest BCUT2D eigenvalue weighted by Gasteiger charge is -2.27. The first-order valence-corrected chi connectivity index (χ1v) is 8.71. The van der Waals surface area contributed by atoms with E-state index in [1.54, 1.807) is 12.3 Å². The Morgan fingerprint density at radius 2 is 1.96 bits per heavy atom. The quantitative estimate of drug-likeness (QED) is 0.867. The van der Waals surface area contributed by atoms with E-state index < -0.39 is 0 Å². The van der Waals surface area contributed by atoms with Gasteiger partial charge in [-0.15, -0.1) is 0 Å². The fourth-order valence-electron chi connectivity index (χ4n) is 2.77. The van der Waals surface area contributed by atoms with E-state index in [-0.39, 0.29) is 5.91 Å². The van der Waals surface area contributed by atoms with E-state index in [0.29, 0.717) is 5.56 Å². The van der Waals surface area contributed by atoms with E-state index >= 15 is 0 Å². The molecule has 1 aliphatic rings. The van der Waals surface area contributed by atoms with Gasteiger partial charge in [-0.3, -0.25) is 4.79 Å². The molecule has 1 aromatic carbocycles. The molecule has 5 heteroatoms. The SMILES string of the molecule is Cc1ccc(NC(=O)c2ccnc(N3CCCCC3)c2)c(Br)c1. The Kier molecular flexibility index (Phi) is 4.96. The van der Waals surface area contributed by atoms with E-state index in [1.165, 1.54) is 19.3 Å². The minimum atomic E-state index is -0.116. The number of aromatic nitrogens is 1. The maximum absolute atomic E-state index is 12.5. The van der Waals surface area contributed by atoms with Gasteiger partial charge in [0.2, 0.25) is 0 Å².